The molecule has 3 amide bonds. The van der Waals surface area contributed by atoms with Crippen LogP contribution in [0.1, 0.15) is 91.1 Å². The van der Waals surface area contributed by atoms with Crippen molar-refractivity contribution in [1.82, 2.24) is 24.7 Å². The molecule has 5 rings (SSSR count). The first-order chi connectivity index (χ1) is 27.6. The molecule has 0 unspecified atom stereocenters. The van der Waals surface area contributed by atoms with E-state index in [0.29, 0.717) is 38.4 Å². The van der Waals surface area contributed by atoms with Gasteiger partial charge in [-0.25, -0.2) is 23.4 Å². The standard InChI is InChI=1S/C43H57F2N5O8/c1-7-8-12-19-46-41(53)57-37-27-49(42(54)58-43(4,5)6)24-32(37)25-50(40(52)28(2)56-29(3)51)38(31-17-20-55-21-18-31)39-47-36(34-22-33(44)15-16-35(34)45)26-48(39)23-30-13-10-9-11-14-30/h9-11,13-16,22,26,28,31-32,37-38H,7-8,12,17-21,23-25,27H2,1-6H3,(H,46,53)/t28-,32-,37+,38+/m0/s1. The summed E-state index contributed by atoms with van der Waals surface area (Å²) in [5.41, 5.74) is 0.212. The van der Waals surface area contributed by atoms with E-state index in [1.807, 2.05) is 34.9 Å². The van der Waals surface area contributed by atoms with Gasteiger partial charge < -0.3 is 38.6 Å². The summed E-state index contributed by atoms with van der Waals surface area (Å²) in [5, 5.41) is 2.80. The van der Waals surface area contributed by atoms with E-state index < -0.39 is 65.5 Å². The van der Waals surface area contributed by atoms with E-state index in [1.165, 1.54) is 18.7 Å². The lowest BCUT2D eigenvalue weighted by molar-refractivity contribution is -0.160. The molecule has 0 bridgehead atoms. The predicted molar refractivity (Wildman–Crippen MR) is 211 cm³/mol. The topological polar surface area (TPSA) is 142 Å². The highest BCUT2D eigenvalue weighted by Crippen LogP contribution is 2.39. The number of esters is 1. The maximum Gasteiger partial charge on any atom is 0.410 e. The fourth-order valence-corrected chi connectivity index (χ4v) is 7.53. The number of unbranched alkanes of at least 4 members (excludes halogenated alkanes) is 2. The van der Waals surface area contributed by atoms with Crippen molar-refractivity contribution in [1.29, 1.82) is 0 Å². The average Bonchev–Trinajstić information content (AvgIpc) is 3.77. The third kappa shape index (κ3) is 12.0. The van der Waals surface area contributed by atoms with Gasteiger partial charge in [0, 0.05) is 64.0 Å². The molecule has 0 spiro atoms. The van der Waals surface area contributed by atoms with Crippen LogP contribution in [-0.4, -0.2) is 101 Å². The summed E-state index contributed by atoms with van der Waals surface area (Å²) in [4.78, 5) is 61.8. The van der Waals surface area contributed by atoms with Crippen LogP contribution in [0.5, 0.6) is 0 Å². The molecule has 3 heterocycles. The van der Waals surface area contributed by atoms with Crippen LogP contribution in [0.25, 0.3) is 11.3 Å². The van der Waals surface area contributed by atoms with Crippen molar-refractivity contribution >= 4 is 24.1 Å². The number of ether oxygens (including phenoxy) is 4. The second-order valence-corrected chi connectivity index (χ2v) is 16.1. The number of carbonyl (C=O) groups is 4. The average molecular weight is 810 g/mol. The van der Waals surface area contributed by atoms with Gasteiger partial charge in [0.25, 0.3) is 5.91 Å². The second-order valence-electron chi connectivity index (χ2n) is 16.1. The third-order valence-electron chi connectivity index (χ3n) is 10.3. The lowest BCUT2D eigenvalue weighted by atomic mass is 9.88. The minimum Gasteiger partial charge on any atom is -0.453 e. The van der Waals surface area contributed by atoms with Gasteiger partial charge in [-0.1, -0.05) is 50.1 Å². The van der Waals surface area contributed by atoms with Gasteiger partial charge in [0.1, 0.15) is 29.2 Å². The fourth-order valence-electron chi connectivity index (χ4n) is 7.53. The van der Waals surface area contributed by atoms with E-state index in [1.54, 1.807) is 31.9 Å². The van der Waals surface area contributed by atoms with Crippen LogP contribution in [0.2, 0.25) is 0 Å². The number of hydrogen-bond acceptors (Lipinski definition) is 9. The molecule has 4 atom stereocenters. The van der Waals surface area contributed by atoms with Gasteiger partial charge in [-0.05, 0) is 76.6 Å². The lowest BCUT2D eigenvalue weighted by Crippen LogP contribution is -2.50. The van der Waals surface area contributed by atoms with Crippen molar-refractivity contribution in [3.8, 4) is 11.3 Å². The van der Waals surface area contributed by atoms with E-state index in [0.717, 1.165) is 43.0 Å². The molecule has 2 aliphatic heterocycles. The summed E-state index contributed by atoms with van der Waals surface area (Å²) < 4.78 is 54.8. The Bertz CT molecular complexity index is 1860. The maximum atomic E-state index is 15.4. The minimum absolute atomic E-state index is 0.0110. The highest BCUT2D eigenvalue weighted by Gasteiger charge is 2.45. The Morgan fingerprint density at radius 3 is 2.43 bits per heavy atom. The molecule has 1 aromatic heterocycles. The molecule has 13 nitrogen and oxygen atoms in total. The number of rotatable bonds is 15. The van der Waals surface area contributed by atoms with Gasteiger partial charge in [0.15, 0.2) is 6.10 Å². The molecular weight excluding hydrogens is 752 g/mol. The lowest BCUT2D eigenvalue weighted by Gasteiger charge is -2.41. The largest absolute Gasteiger partial charge is 0.453 e. The highest BCUT2D eigenvalue weighted by atomic mass is 19.1. The zero-order chi connectivity index (χ0) is 42.0. The molecule has 15 heteroatoms. The Morgan fingerprint density at radius 1 is 1.03 bits per heavy atom. The van der Waals surface area contributed by atoms with Gasteiger partial charge in [-0.2, -0.15) is 0 Å². The first-order valence-electron chi connectivity index (χ1n) is 20.2. The van der Waals surface area contributed by atoms with Crippen molar-refractivity contribution in [2.45, 2.75) is 104 Å². The number of likely N-dealkylation sites (tertiary alicyclic amines) is 1. The van der Waals surface area contributed by atoms with E-state index in [-0.39, 0.29) is 43.4 Å². The first-order valence-corrected chi connectivity index (χ1v) is 20.2. The molecule has 2 saturated heterocycles. The molecule has 2 aliphatic rings. The molecular formula is C43H57F2N5O8. The van der Waals surface area contributed by atoms with E-state index in [4.69, 9.17) is 23.9 Å². The zero-order valence-electron chi connectivity index (χ0n) is 34.4. The Morgan fingerprint density at radius 2 is 1.76 bits per heavy atom. The summed E-state index contributed by atoms with van der Waals surface area (Å²) in [7, 11) is 0. The quantitative estimate of drug-likeness (QED) is 0.0953. The smallest absolute Gasteiger partial charge is 0.410 e. The number of alkyl carbamates (subject to hydrolysis) is 1. The van der Waals surface area contributed by atoms with Crippen LogP contribution >= 0.6 is 0 Å². The van der Waals surface area contributed by atoms with Crippen LogP contribution in [0.4, 0.5) is 18.4 Å². The number of carbonyl (C=O) groups excluding carboxylic acids is 4. The number of aromatic nitrogens is 2. The molecule has 2 aromatic carbocycles. The summed E-state index contributed by atoms with van der Waals surface area (Å²) in [6.45, 7) is 11.6. The van der Waals surface area contributed by atoms with Crippen molar-refractivity contribution in [3.05, 3.63) is 77.8 Å². The SMILES string of the molecule is CCCCCNC(=O)O[C@@H]1CN(C(=O)OC(C)(C)C)C[C@H]1CN(C(=O)[C@H](C)OC(C)=O)[C@@H](c1nc(-c2cc(F)ccc2F)cn1Cc1ccccc1)C1CCOCC1. The number of hydrogen-bond donors (Lipinski definition) is 1. The molecule has 316 valence electrons. The van der Waals surface area contributed by atoms with Crippen LogP contribution in [-0.2, 0) is 35.1 Å². The third-order valence-corrected chi connectivity index (χ3v) is 10.3. The van der Waals surface area contributed by atoms with Crippen LogP contribution in [0, 0.1) is 23.5 Å². The van der Waals surface area contributed by atoms with E-state index in [9.17, 15) is 23.6 Å². The number of halogens is 2. The molecule has 3 aromatic rings. The second kappa shape index (κ2) is 20.1. The summed E-state index contributed by atoms with van der Waals surface area (Å²) in [5.74, 6) is -2.99. The Balaban J connectivity index is 1.63. The number of benzene rings is 2. The van der Waals surface area contributed by atoms with Gasteiger partial charge >= 0.3 is 18.2 Å². The van der Waals surface area contributed by atoms with Gasteiger partial charge in [0.05, 0.1) is 18.3 Å². The highest BCUT2D eigenvalue weighted by molar-refractivity contribution is 5.83. The van der Waals surface area contributed by atoms with Crippen LogP contribution < -0.4 is 5.32 Å². The summed E-state index contributed by atoms with van der Waals surface area (Å²) in [6, 6.07) is 11.9. The zero-order valence-corrected chi connectivity index (χ0v) is 34.4. The van der Waals surface area contributed by atoms with Crippen molar-refractivity contribution < 1.29 is 46.9 Å². The van der Waals surface area contributed by atoms with E-state index in [2.05, 4.69) is 12.2 Å². The monoisotopic (exact) mass is 809 g/mol. The molecule has 1 N–H and O–H groups in total. The number of nitrogens with zero attached hydrogens (tertiary/aromatic N) is 4. The summed E-state index contributed by atoms with van der Waals surface area (Å²) in [6.07, 6.45) is 2.03. The van der Waals surface area contributed by atoms with Crippen LogP contribution in [0.3, 0.4) is 0 Å². The molecule has 0 saturated carbocycles. The Kier molecular flexibility index (Phi) is 15.3. The Hall–Kier alpha value is -5.05. The molecule has 0 aliphatic carbocycles. The molecule has 2 fully saturated rings. The van der Waals surface area contributed by atoms with E-state index >= 15 is 4.39 Å². The van der Waals surface area contributed by atoms with Crippen LogP contribution in [0.15, 0.2) is 54.7 Å². The van der Waals surface area contributed by atoms with Crippen molar-refractivity contribution in [2.24, 2.45) is 11.8 Å². The van der Waals surface area contributed by atoms with Gasteiger partial charge in [-0.3, -0.25) is 9.59 Å². The normalized spacial score (nSPS) is 18.3. The van der Waals surface area contributed by atoms with Crippen molar-refractivity contribution in [2.75, 3.05) is 39.4 Å². The first kappa shape index (κ1) is 44.1. The minimum atomic E-state index is -1.23. The van der Waals surface area contributed by atoms with Gasteiger partial charge in [0.2, 0.25) is 0 Å². The number of amides is 3. The fraction of sp³-hybridized carbons (Fsp3) is 0.558. The predicted octanol–water partition coefficient (Wildman–Crippen LogP) is 7.28. The van der Waals surface area contributed by atoms with Gasteiger partial charge in [-0.15, -0.1) is 0 Å². The molecule has 58 heavy (non-hydrogen) atoms. The van der Waals surface area contributed by atoms with Crippen molar-refractivity contribution in [3.63, 3.8) is 0 Å². The number of nitrogens with one attached hydrogen (secondary N) is 1. The summed E-state index contributed by atoms with van der Waals surface area (Å²) >= 11 is 0. The Labute approximate surface area is 339 Å². The number of imidazole rings is 1. The molecule has 0 radical (unpaired) electrons. The maximum absolute atomic E-state index is 15.4.